The van der Waals surface area contributed by atoms with E-state index >= 15 is 0 Å². The van der Waals surface area contributed by atoms with Crippen LogP contribution < -0.4 is 20.8 Å². The second kappa shape index (κ2) is 12.2. The molecule has 0 saturated carbocycles. The predicted octanol–water partition coefficient (Wildman–Crippen LogP) is 4.71. The Balaban J connectivity index is 1.19. The van der Waals surface area contributed by atoms with Gasteiger partial charge in [-0.2, -0.15) is 0 Å². The molecule has 40 heavy (non-hydrogen) atoms. The summed E-state index contributed by atoms with van der Waals surface area (Å²) >= 11 is 0. The molecule has 0 atom stereocenters. The maximum Gasteiger partial charge on any atom is 0.349 e. The lowest BCUT2D eigenvalue weighted by Gasteiger charge is -2.15. The number of benzene rings is 2. The number of nitrogens with two attached hydrogens (primary N) is 1. The van der Waals surface area contributed by atoms with Gasteiger partial charge >= 0.3 is 5.63 Å². The van der Waals surface area contributed by atoms with Gasteiger partial charge in [0.25, 0.3) is 0 Å². The SMILES string of the molecule is Nc1nc(-c2cccc(OCCCN3CCCC3)c2)nc2c1c(=O)oc1cc(OCCCN3CCCC3)ccc12. The zero-order chi connectivity index (χ0) is 27.3. The molecule has 9 heteroatoms. The van der Waals surface area contributed by atoms with E-state index in [0.29, 0.717) is 41.3 Å². The number of aromatic nitrogens is 2. The fraction of sp³-hybridized carbons (Fsp3) is 0.452. The highest BCUT2D eigenvalue weighted by Gasteiger charge is 2.17. The Labute approximate surface area is 233 Å². The van der Waals surface area contributed by atoms with E-state index in [1.807, 2.05) is 36.4 Å². The fourth-order valence-corrected chi connectivity index (χ4v) is 5.72. The van der Waals surface area contributed by atoms with Crippen LogP contribution >= 0.6 is 0 Å². The molecule has 6 rings (SSSR count). The monoisotopic (exact) mass is 543 g/mol. The first kappa shape index (κ1) is 26.5. The van der Waals surface area contributed by atoms with Crippen molar-refractivity contribution >= 4 is 27.7 Å². The van der Waals surface area contributed by atoms with Crippen molar-refractivity contribution in [1.29, 1.82) is 0 Å². The first-order valence-electron chi connectivity index (χ1n) is 14.5. The lowest BCUT2D eigenvalue weighted by Crippen LogP contribution is -2.21. The van der Waals surface area contributed by atoms with E-state index in [2.05, 4.69) is 14.8 Å². The summed E-state index contributed by atoms with van der Waals surface area (Å²) in [5.41, 5.74) is 7.35. The number of rotatable bonds is 11. The molecule has 0 unspecified atom stereocenters. The molecule has 2 fully saturated rings. The summed E-state index contributed by atoms with van der Waals surface area (Å²) in [5, 5.41) is 0.869. The molecule has 210 valence electrons. The van der Waals surface area contributed by atoms with Crippen LogP contribution in [0.1, 0.15) is 38.5 Å². The fourth-order valence-electron chi connectivity index (χ4n) is 5.72. The Bertz CT molecular complexity index is 1530. The van der Waals surface area contributed by atoms with Gasteiger partial charge in [-0.25, -0.2) is 14.8 Å². The van der Waals surface area contributed by atoms with E-state index in [-0.39, 0.29) is 11.2 Å². The van der Waals surface area contributed by atoms with E-state index in [9.17, 15) is 4.79 Å². The summed E-state index contributed by atoms with van der Waals surface area (Å²) in [6.07, 6.45) is 7.09. The van der Waals surface area contributed by atoms with E-state index in [1.165, 1.54) is 51.9 Å². The van der Waals surface area contributed by atoms with Gasteiger partial charge in [-0.3, -0.25) is 0 Å². The number of anilines is 1. The Kier molecular flexibility index (Phi) is 8.11. The third kappa shape index (κ3) is 6.05. The van der Waals surface area contributed by atoms with Crippen molar-refractivity contribution in [3.8, 4) is 22.9 Å². The lowest BCUT2D eigenvalue weighted by atomic mass is 10.1. The van der Waals surface area contributed by atoms with Gasteiger partial charge in [-0.1, -0.05) is 12.1 Å². The van der Waals surface area contributed by atoms with Crippen LogP contribution in [0, 0.1) is 0 Å². The van der Waals surface area contributed by atoms with Gasteiger partial charge in [0.2, 0.25) is 0 Å². The van der Waals surface area contributed by atoms with Crippen LogP contribution in [0.2, 0.25) is 0 Å². The van der Waals surface area contributed by atoms with E-state index in [0.717, 1.165) is 37.2 Å². The Hall–Kier alpha value is -3.69. The first-order valence-corrected chi connectivity index (χ1v) is 14.5. The minimum Gasteiger partial charge on any atom is -0.494 e. The molecule has 0 amide bonds. The highest BCUT2D eigenvalue weighted by atomic mass is 16.5. The zero-order valence-corrected chi connectivity index (χ0v) is 22.9. The van der Waals surface area contributed by atoms with Gasteiger partial charge in [-0.05, 0) is 89.0 Å². The quantitative estimate of drug-likeness (QED) is 0.163. The molecular formula is C31H37N5O4. The molecule has 0 spiro atoms. The van der Waals surface area contributed by atoms with Crippen molar-refractivity contribution in [3.05, 3.63) is 52.9 Å². The minimum atomic E-state index is -0.562. The number of nitrogens with zero attached hydrogens (tertiary/aromatic N) is 4. The number of likely N-dealkylation sites (tertiary alicyclic amines) is 2. The first-order chi connectivity index (χ1) is 19.6. The van der Waals surface area contributed by atoms with Gasteiger partial charge < -0.3 is 29.4 Å². The van der Waals surface area contributed by atoms with Crippen LogP contribution in [-0.4, -0.2) is 72.3 Å². The number of nitrogen functional groups attached to an aromatic ring is 1. The van der Waals surface area contributed by atoms with Crippen molar-refractivity contribution in [1.82, 2.24) is 19.8 Å². The molecule has 0 bridgehead atoms. The highest BCUT2D eigenvalue weighted by Crippen LogP contribution is 2.30. The number of ether oxygens (including phenoxy) is 2. The Morgan fingerprint density at radius 2 is 1.48 bits per heavy atom. The second-order valence-corrected chi connectivity index (χ2v) is 10.7. The molecule has 2 aromatic heterocycles. The van der Waals surface area contributed by atoms with Crippen molar-refractivity contribution in [2.24, 2.45) is 0 Å². The maximum atomic E-state index is 12.9. The average Bonchev–Trinajstić information content (AvgIpc) is 3.68. The summed E-state index contributed by atoms with van der Waals surface area (Å²) in [6, 6.07) is 13.2. The smallest absolute Gasteiger partial charge is 0.349 e. The van der Waals surface area contributed by atoms with Gasteiger partial charge in [0.15, 0.2) is 5.82 Å². The maximum absolute atomic E-state index is 12.9. The lowest BCUT2D eigenvalue weighted by molar-refractivity contribution is 0.263. The molecule has 2 saturated heterocycles. The summed E-state index contributed by atoms with van der Waals surface area (Å²) in [5.74, 6) is 1.94. The van der Waals surface area contributed by atoms with E-state index in [4.69, 9.17) is 24.6 Å². The standard InChI is InChI=1S/C31H37N5O4/c32-29-27-28(25-11-10-24(21-26(25)40-31(27)37)39-19-7-17-36-14-3-4-15-36)33-30(34-29)22-8-5-9-23(20-22)38-18-6-16-35-12-1-2-13-35/h5,8-11,20-21H,1-4,6-7,12-19H2,(H2,32,33,34). The van der Waals surface area contributed by atoms with E-state index < -0.39 is 5.63 Å². The summed E-state index contributed by atoms with van der Waals surface area (Å²) in [6.45, 7) is 8.09. The van der Waals surface area contributed by atoms with Crippen LogP contribution in [0.3, 0.4) is 0 Å². The van der Waals surface area contributed by atoms with Crippen molar-refractivity contribution in [3.63, 3.8) is 0 Å². The largest absolute Gasteiger partial charge is 0.494 e. The number of hydrogen-bond donors (Lipinski definition) is 1. The summed E-state index contributed by atoms with van der Waals surface area (Å²) in [4.78, 5) is 27.0. The molecule has 0 aliphatic carbocycles. The summed E-state index contributed by atoms with van der Waals surface area (Å²) in [7, 11) is 0. The van der Waals surface area contributed by atoms with Crippen molar-refractivity contribution in [2.75, 3.05) is 58.2 Å². The number of fused-ring (bicyclic) bond motifs is 3. The van der Waals surface area contributed by atoms with Crippen LogP contribution in [0.4, 0.5) is 5.82 Å². The van der Waals surface area contributed by atoms with Crippen LogP contribution in [0.5, 0.6) is 11.5 Å². The Morgan fingerprint density at radius 1 is 0.825 bits per heavy atom. The molecule has 4 heterocycles. The highest BCUT2D eigenvalue weighted by molar-refractivity contribution is 6.05. The molecular weight excluding hydrogens is 506 g/mol. The van der Waals surface area contributed by atoms with Crippen molar-refractivity contribution in [2.45, 2.75) is 38.5 Å². The topological polar surface area (TPSA) is 107 Å². The molecule has 2 N–H and O–H groups in total. The molecule has 2 aromatic carbocycles. The molecule has 9 nitrogen and oxygen atoms in total. The third-order valence-electron chi connectivity index (χ3n) is 7.82. The van der Waals surface area contributed by atoms with Crippen molar-refractivity contribution < 1.29 is 13.9 Å². The minimum absolute atomic E-state index is 0.0924. The van der Waals surface area contributed by atoms with E-state index in [1.54, 1.807) is 6.07 Å². The number of hydrogen-bond acceptors (Lipinski definition) is 9. The predicted molar refractivity (Wildman–Crippen MR) is 157 cm³/mol. The summed E-state index contributed by atoms with van der Waals surface area (Å²) < 4.78 is 17.6. The molecule has 0 radical (unpaired) electrons. The van der Waals surface area contributed by atoms with Crippen LogP contribution in [0.25, 0.3) is 33.3 Å². The Morgan fingerprint density at radius 3 is 2.15 bits per heavy atom. The van der Waals surface area contributed by atoms with Crippen LogP contribution in [0.15, 0.2) is 51.7 Å². The molecule has 4 aromatic rings. The van der Waals surface area contributed by atoms with Gasteiger partial charge in [0.1, 0.15) is 28.3 Å². The van der Waals surface area contributed by atoms with Crippen LogP contribution in [-0.2, 0) is 0 Å². The third-order valence-corrected chi connectivity index (χ3v) is 7.82. The molecule has 2 aliphatic rings. The van der Waals surface area contributed by atoms with Gasteiger partial charge in [0, 0.05) is 30.1 Å². The zero-order valence-electron chi connectivity index (χ0n) is 22.9. The normalized spacial score (nSPS) is 16.3. The van der Waals surface area contributed by atoms with Gasteiger partial charge in [0.05, 0.1) is 18.7 Å². The average molecular weight is 544 g/mol. The molecule has 2 aliphatic heterocycles. The van der Waals surface area contributed by atoms with Gasteiger partial charge in [-0.15, -0.1) is 0 Å². The second-order valence-electron chi connectivity index (χ2n) is 10.7.